The van der Waals surface area contributed by atoms with E-state index >= 15 is 0 Å². The molecule has 1 aromatic carbocycles. The summed E-state index contributed by atoms with van der Waals surface area (Å²) in [6.07, 6.45) is 3.00. The largest absolute Gasteiger partial charge is 0.504 e. The molecule has 1 unspecified atom stereocenters. The minimum atomic E-state index is -0.362. The Morgan fingerprint density at radius 3 is 2.88 bits per heavy atom. The zero-order valence-electron chi connectivity index (χ0n) is 9.59. The molecule has 0 saturated carbocycles. The molecule has 1 fully saturated rings. The Kier molecular flexibility index (Phi) is 3.89. The number of halogens is 2. The van der Waals surface area contributed by atoms with Crippen LogP contribution in [0.15, 0.2) is 10.5 Å². The number of nitrogens with one attached hydrogen (secondary N) is 1. The van der Waals surface area contributed by atoms with Crippen LogP contribution in [0.3, 0.4) is 0 Å². The molecule has 2 rings (SSSR count). The van der Waals surface area contributed by atoms with Crippen LogP contribution in [-0.2, 0) is 0 Å². The molecular formula is C12H15BrFNO2. The maximum Gasteiger partial charge on any atom is 0.168 e. The van der Waals surface area contributed by atoms with Crippen molar-refractivity contribution in [1.29, 1.82) is 0 Å². The highest BCUT2D eigenvalue weighted by molar-refractivity contribution is 9.10. The Morgan fingerprint density at radius 1 is 1.53 bits per heavy atom. The van der Waals surface area contributed by atoms with Crippen LogP contribution < -0.4 is 10.1 Å². The molecule has 94 valence electrons. The van der Waals surface area contributed by atoms with Crippen molar-refractivity contribution >= 4 is 15.9 Å². The van der Waals surface area contributed by atoms with Gasteiger partial charge in [-0.25, -0.2) is 4.39 Å². The van der Waals surface area contributed by atoms with Gasteiger partial charge in [-0.1, -0.05) is 6.42 Å². The summed E-state index contributed by atoms with van der Waals surface area (Å²) in [6, 6.07) is 1.22. The van der Waals surface area contributed by atoms with E-state index in [4.69, 9.17) is 4.74 Å². The van der Waals surface area contributed by atoms with E-state index in [9.17, 15) is 9.50 Å². The van der Waals surface area contributed by atoms with Crippen molar-refractivity contribution in [2.75, 3.05) is 13.7 Å². The third kappa shape index (κ3) is 2.40. The molecule has 0 spiro atoms. The number of piperidine rings is 1. The maximum atomic E-state index is 14.1. The van der Waals surface area contributed by atoms with Crippen molar-refractivity contribution in [3.8, 4) is 11.5 Å². The van der Waals surface area contributed by atoms with E-state index in [-0.39, 0.29) is 27.8 Å². The van der Waals surface area contributed by atoms with Gasteiger partial charge in [-0.2, -0.15) is 0 Å². The van der Waals surface area contributed by atoms with Crippen molar-refractivity contribution < 1.29 is 14.2 Å². The Bertz CT molecular complexity index is 419. The zero-order valence-corrected chi connectivity index (χ0v) is 11.2. The van der Waals surface area contributed by atoms with E-state index in [1.165, 1.54) is 13.2 Å². The average molecular weight is 304 g/mol. The zero-order chi connectivity index (χ0) is 12.4. The summed E-state index contributed by atoms with van der Waals surface area (Å²) in [5.41, 5.74) is 0.416. The van der Waals surface area contributed by atoms with Gasteiger partial charge in [0.2, 0.25) is 0 Å². The number of methoxy groups -OCH3 is 1. The third-order valence-electron chi connectivity index (χ3n) is 3.05. The second-order valence-corrected chi connectivity index (χ2v) is 5.00. The Hall–Kier alpha value is -0.810. The summed E-state index contributed by atoms with van der Waals surface area (Å²) in [4.78, 5) is 0. The fourth-order valence-electron chi connectivity index (χ4n) is 2.24. The highest BCUT2D eigenvalue weighted by Crippen LogP contribution is 2.41. The van der Waals surface area contributed by atoms with Gasteiger partial charge >= 0.3 is 0 Å². The molecule has 1 aliphatic rings. The quantitative estimate of drug-likeness (QED) is 0.882. The molecule has 2 N–H and O–H groups in total. The van der Waals surface area contributed by atoms with E-state index in [0.717, 1.165) is 25.8 Å². The van der Waals surface area contributed by atoms with Gasteiger partial charge < -0.3 is 15.2 Å². The summed E-state index contributed by atoms with van der Waals surface area (Å²) in [7, 11) is 1.44. The van der Waals surface area contributed by atoms with E-state index in [0.29, 0.717) is 5.56 Å². The van der Waals surface area contributed by atoms with Crippen molar-refractivity contribution in [3.05, 3.63) is 21.9 Å². The first-order chi connectivity index (χ1) is 8.15. The molecule has 17 heavy (non-hydrogen) atoms. The average Bonchev–Trinajstić information content (AvgIpc) is 2.34. The van der Waals surface area contributed by atoms with Crippen LogP contribution in [-0.4, -0.2) is 18.8 Å². The van der Waals surface area contributed by atoms with Gasteiger partial charge in [0.1, 0.15) is 5.82 Å². The minimum absolute atomic E-state index is 0.0388. The van der Waals surface area contributed by atoms with Crippen molar-refractivity contribution in [2.45, 2.75) is 25.3 Å². The number of benzene rings is 1. The van der Waals surface area contributed by atoms with E-state index in [2.05, 4.69) is 21.2 Å². The van der Waals surface area contributed by atoms with Crippen LogP contribution in [0.25, 0.3) is 0 Å². The lowest BCUT2D eigenvalue weighted by Gasteiger charge is -2.26. The first-order valence-corrected chi connectivity index (χ1v) is 6.42. The van der Waals surface area contributed by atoms with Crippen molar-refractivity contribution in [3.63, 3.8) is 0 Å². The fourth-order valence-corrected chi connectivity index (χ4v) is 2.67. The molecule has 1 aliphatic heterocycles. The van der Waals surface area contributed by atoms with Crippen molar-refractivity contribution in [2.24, 2.45) is 0 Å². The van der Waals surface area contributed by atoms with Crippen LogP contribution in [0.2, 0.25) is 0 Å². The standard InChI is InChI=1S/C12H15BrFNO2/c1-17-12-9(16)6-7(13)11(14)10(12)8-4-2-3-5-15-8/h6,8,15-16H,2-5H2,1H3. The van der Waals surface area contributed by atoms with E-state index < -0.39 is 0 Å². The second-order valence-electron chi connectivity index (χ2n) is 4.14. The number of hydrogen-bond acceptors (Lipinski definition) is 3. The lowest BCUT2D eigenvalue weighted by atomic mass is 9.96. The molecule has 0 aliphatic carbocycles. The number of hydrogen-bond donors (Lipinski definition) is 2. The molecule has 0 radical (unpaired) electrons. The number of phenols is 1. The summed E-state index contributed by atoms with van der Waals surface area (Å²) < 4.78 is 19.5. The molecule has 0 amide bonds. The third-order valence-corrected chi connectivity index (χ3v) is 3.63. The molecular weight excluding hydrogens is 289 g/mol. The molecule has 1 atom stereocenters. The van der Waals surface area contributed by atoms with Crippen LogP contribution in [0.1, 0.15) is 30.9 Å². The SMILES string of the molecule is COc1c(O)cc(Br)c(F)c1C1CCCCN1. The van der Waals surface area contributed by atoms with E-state index in [1.54, 1.807) is 0 Å². The van der Waals surface area contributed by atoms with Gasteiger partial charge in [0, 0.05) is 12.1 Å². The van der Waals surface area contributed by atoms with Crippen molar-refractivity contribution in [1.82, 2.24) is 5.32 Å². The van der Waals surface area contributed by atoms with Gasteiger partial charge in [-0.05, 0) is 35.3 Å². The first-order valence-electron chi connectivity index (χ1n) is 5.63. The molecule has 0 aromatic heterocycles. The molecule has 3 nitrogen and oxygen atoms in total. The van der Waals surface area contributed by atoms with Gasteiger partial charge in [0.05, 0.1) is 17.1 Å². The van der Waals surface area contributed by atoms with Gasteiger partial charge in [-0.15, -0.1) is 0 Å². The van der Waals surface area contributed by atoms with Crippen LogP contribution in [0.5, 0.6) is 11.5 Å². The summed E-state index contributed by atoms with van der Waals surface area (Å²) in [5.74, 6) is -0.174. The lowest BCUT2D eigenvalue weighted by Crippen LogP contribution is -2.28. The summed E-state index contributed by atoms with van der Waals surface area (Å²) >= 11 is 3.11. The smallest absolute Gasteiger partial charge is 0.168 e. The topological polar surface area (TPSA) is 41.5 Å². The minimum Gasteiger partial charge on any atom is -0.504 e. The van der Waals surface area contributed by atoms with Gasteiger partial charge in [-0.3, -0.25) is 0 Å². The number of rotatable bonds is 2. The normalized spacial score (nSPS) is 20.3. The first kappa shape index (κ1) is 12.6. The molecule has 0 bridgehead atoms. The Balaban J connectivity index is 2.48. The highest BCUT2D eigenvalue weighted by Gasteiger charge is 2.26. The Morgan fingerprint density at radius 2 is 2.29 bits per heavy atom. The second kappa shape index (κ2) is 5.23. The summed E-state index contributed by atoms with van der Waals surface area (Å²) in [6.45, 7) is 0.862. The molecule has 5 heteroatoms. The van der Waals surface area contributed by atoms with Crippen LogP contribution >= 0.6 is 15.9 Å². The lowest BCUT2D eigenvalue weighted by molar-refractivity contribution is 0.339. The number of ether oxygens (including phenoxy) is 1. The van der Waals surface area contributed by atoms with Crippen LogP contribution in [0.4, 0.5) is 4.39 Å². The number of aromatic hydroxyl groups is 1. The van der Waals surface area contributed by atoms with Crippen LogP contribution in [0, 0.1) is 5.82 Å². The van der Waals surface area contributed by atoms with Gasteiger partial charge in [0.15, 0.2) is 11.5 Å². The fraction of sp³-hybridized carbons (Fsp3) is 0.500. The molecule has 1 saturated heterocycles. The predicted octanol–water partition coefficient (Wildman–Crippen LogP) is 3.12. The Labute approximate surface area is 108 Å². The molecule has 1 heterocycles. The predicted molar refractivity (Wildman–Crippen MR) is 66.9 cm³/mol. The highest BCUT2D eigenvalue weighted by atomic mass is 79.9. The molecule has 1 aromatic rings. The number of phenolic OH excluding ortho intramolecular Hbond substituents is 1. The summed E-state index contributed by atoms with van der Waals surface area (Å²) in [5, 5.41) is 13.0. The maximum absolute atomic E-state index is 14.1. The van der Waals surface area contributed by atoms with Gasteiger partial charge in [0.25, 0.3) is 0 Å². The monoisotopic (exact) mass is 303 g/mol. The van der Waals surface area contributed by atoms with E-state index in [1.807, 2.05) is 0 Å².